The van der Waals surface area contributed by atoms with Crippen LogP contribution >= 0.6 is 11.3 Å². The Bertz CT molecular complexity index is 3350. The number of carboxylic acid groups (broad SMARTS) is 1. The minimum atomic E-state index is -4.88. The second-order valence-corrected chi connectivity index (χ2v) is 21.4. The molecule has 2 unspecified atom stereocenters. The Kier molecular flexibility index (Phi) is 14.0. The van der Waals surface area contributed by atoms with Crippen LogP contribution in [0, 0.1) is 5.92 Å². The molecular weight excluding hydrogens is 998 g/mol. The SMILES string of the molecule is CC(CCC1CCC(Oc2cccc(-c3ccc(N4CCc5ccnc(C(=O)Nc6nc7ccccc7s6)c5C4)nc3C(=O)O)c2C(F)(F)F)CC1)N1CCN(c2cccc3c(C4CCC(=O)NC4=O)nn(C)c23)CC1. The van der Waals surface area contributed by atoms with Crippen LogP contribution < -0.4 is 25.2 Å². The van der Waals surface area contributed by atoms with Gasteiger partial charge in [-0.05, 0) is 112 Å². The molecule has 7 heterocycles. The van der Waals surface area contributed by atoms with E-state index in [2.05, 4.69) is 48.4 Å². The zero-order valence-electron chi connectivity index (χ0n) is 42.1. The fraction of sp³-hybridized carbons (Fsp3) is 0.393. The number of hydrogen-bond acceptors (Lipinski definition) is 13. The van der Waals surface area contributed by atoms with E-state index in [1.165, 1.54) is 41.7 Å². The number of hydrogen-bond donors (Lipinski definition) is 3. The van der Waals surface area contributed by atoms with Crippen LogP contribution in [0.5, 0.6) is 5.75 Å². The number of carboxylic acids is 1. The smallest absolute Gasteiger partial charge is 0.420 e. The molecule has 4 aliphatic rings. The van der Waals surface area contributed by atoms with E-state index in [1.807, 2.05) is 54.2 Å². The number of benzene rings is 3. The molecule has 4 aromatic heterocycles. The predicted octanol–water partition coefficient (Wildman–Crippen LogP) is 9.62. The Balaban J connectivity index is 0.710. The molecule has 11 rings (SSSR count). The molecule has 3 aliphatic heterocycles. The lowest BCUT2D eigenvalue weighted by molar-refractivity contribution is -0.139. The number of ether oxygens (including phenoxy) is 1. The first-order valence-electron chi connectivity index (χ1n) is 25.9. The molecule has 2 saturated heterocycles. The van der Waals surface area contributed by atoms with Gasteiger partial charge in [0, 0.05) is 87.1 Å². The number of aromatic nitrogens is 5. The van der Waals surface area contributed by atoms with E-state index in [-0.39, 0.29) is 46.7 Å². The Morgan fingerprint density at radius 3 is 2.42 bits per heavy atom. The maximum absolute atomic E-state index is 15.2. The molecule has 7 aromatic rings. The van der Waals surface area contributed by atoms with Crippen LogP contribution in [0.25, 0.3) is 32.2 Å². The molecule has 394 valence electrons. The normalized spacial score (nSPS) is 19.9. The van der Waals surface area contributed by atoms with Crippen molar-refractivity contribution in [1.29, 1.82) is 0 Å². The number of alkyl halides is 3. The van der Waals surface area contributed by atoms with Crippen molar-refractivity contribution in [2.45, 2.75) is 95.5 Å². The number of nitrogens with zero attached hydrogens (tertiary/aromatic N) is 8. The number of rotatable bonds is 13. The van der Waals surface area contributed by atoms with Crippen molar-refractivity contribution in [3.8, 4) is 16.9 Å². The Labute approximate surface area is 440 Å². The highest BCUT2D eigenvalue weighted by molar-refractivity contribution is 7.22. The quantitative estimate of drug-likeness (QED) is 0.0928. The van der Waals surface area contributed by atoms with E-state index < -0.39 is 41.3 Å². The largest absolute Gasteiger partial charge is 0.490 e. The molecule has 0 spiro atoms. The van der Waals surface area contributed by atoms with Gasteiger partial charge in [-0.1, -0.05) is 47.7 Å². The van der Waals surface area contributed by atoms with Gasteiger partial charge in [-0.2, -0.15) is 18.3 Å². The number of amides is 3. The highest BCUT2D eigenvalue weighted by Crippen LogP contribution is 2.46. The van der Waals surface area contributed by atoms with Crippen molar-refractivity contribution in [1.82, 2.24) is 34.9 Å². The van der Waals surface area contributed by atoms with Crippen molar-refractivity contribution in [2.75, 3.05) is 47.8 Å². The summed E-state index contributed by atoms with van der Waals surface area (Å²) in [5.41, 5.74) is 3.13. The van der Waals surface area contributed by atoms with E-state index in [9.17, 15) is 24.3 Å². The van der Waals surface area contributed by atoms with Crippen molar-refractivity contribution < 1.29 is 42.2 Å². The van der Waals surface area contributed by atoms with Crippen molar-refractivity contribution >= 4 is 72.8 Å². The van der Waals surface area contributed by atoms with Gasteiger partial charge in [0.15, 0.2) is 10.8 Å². The summed E-state index contributed by atoms with van der Waals surface area (Å²) >= 11 is 1.34. The minimum absolute atomic E-state index is 0.165. The molecule has 3 aromatic carbocycles. The standard InChI is InChI=1S/C56H57F3N10O6S/c1-32(67-27-29-68(30-28-67)42-10-5-8-38-48(65-66(2)51(38)42)39-20-22-46(70)63-52(39)71)13-14-33-15-17-35(18-16-33)75-43-11-6-7-36(47(43)56(57,58)59)37-19-21-45(62-50(37)54(73)74)69-26-24-34-23-25-60-49(40(34)31-69)53(72)64-55-61-41-9-3-4-12-44(41)76-55/h3-12,19,21,23,25,32-33,35,39H,13-18,20,22,24,26-31H2,1-2H3,(H,73,74)(H,61,64,72)(H,63,70,71). The molecular formula is C56H57F3N10O6S. The van der Waals surface area contributed by atoms with Crippen LogP contribution in [0.3, 0.4) is 0 Å². The zero-order valence-corrected chi connectivity index (χ0v) is 42.9. The molecule has 16 nitrogen and oxygen atoms in total. The first-order valence-corrected chi connectivity index (χ1v) is 26.8. The van der Waals surface area contributed by atoms with E-state index >= 15 is 13.2 Å². The molecule has 3 amide bonds. The Hall–Kier alpha value is -7.45. The van der Waals surface area contributed by atoms with Crippen molar-refractivity contribution in [3.63, 3.8) is 0 Å². The number of nitrogens with one attached hydrogen (secondary N) is 2. The fourth-order valence-electron chi connectivity index (χ4n) is 11.7. The highest BCUT2D eigenvalue weighted by atomic mass is 32.1. The number of anilines is 3. The summed E-state index contributed by atoms with van der Waals surface area (Å²) in [6.45, 7) is 6.26. The molecule has 0 radical (unpaired) electrons. The van der Waals surface area contributed by atoms with E-state index in [0.717, 1.165) is 84.2 Å². The van der Waals surface area contributed by atoms with E-state index in [0.29, 0.717) is 67.0 Å². The summed E-state index contributed by atoms with van der Waals surface area (Å²) in [5.74, 6) is -2.64. The molecule has 3 fully saturated rings. The van der Waals surface area contributed by atoms with Crippen molar-refractivity contribution in [3.05, 3.63) is 119 Å². The van der Waals surface area contributed by atoms with Gasteiger partial charge in [-0.15, -0.1) is 0 Å². The lowest BCUT2D eigenvalue weighted by Crippen LogP contribution is -2.49. The maximum atomic E-state index is 15.2. The average molecular weight is 1060 g/mol. The monoisotopic (exact) mass is 1050 g/mol. The summed E-state index contributed by atoms with van der Waals surface area (Å²) < 4.78 is 54.6. The molecule has 1 saturated carbocycles. The number of carbonyl (C=O) groups is 4. The summed E-state index contributed by atoms with van der Waals surface area (Å²) in [6, 6.07) is 22.7. The van der Waals surface area contributed by atoms with Crippen LogP contribution in [0.2, 0.25) is 0 Å². The third kappa shape index (κ3) is 10.2. The molecule has 3 N–H and O–H groups in total. The molecule has 76 heavy (non-hydrogen) atoms. The van der Waals surface area contributed by atoms with Gasteiger partial charge in [-0.3, -0.25) is 39.6 Å². The second kappa shape index (κ2) is 20.9. The van der Waals surface area contributed by atoms with Crippen LogP contribution in [-0.2, 0) is 35.8 Å². The van der Waals surface area contributed by atoms with Crippen LogP contribution in [-0.4, -0.2) is 103 Å². The van der Waals surface area contributed by atoms with Gasteiger partial charge in [0.25, 0.3) is 5.91 Å². The Morgan fingerprint density at radius 2 is 1.66 bits per heavy atom. The summed E-state index contributed by atoms with van der Waals surface area (Å²) in [7, 11) is 1.90. The summed E-state index contributed by atoms with van der Waals surface area (Å²) in [5, 5.41) is 21.9. The van der Waals surface area contributed by atoms with Crippen LogP contribution in [0.1, 0.15) is 108 Å². The third-order valence-electron chi connectivity index (χ3n) is 15.7. The minimum Gasteiger partial charge on any atom is -0.490 e. The lowest BCUT2D eigenvalue weighted by atomic mass is 9.83. The number of aromatic carboxylic acids is 1. The van der Waals surface area contributed by atoms with Crippen LogP contribution in [0.4, 0.5) is 29.8 Å². The first kappa shape index (κ1) is 50.7. The average Bonchev–Trinajstić information content (AvgIpc) is 4.03. The van der Waals surface area contributed by atoms with Crippen molar-refractivity contribution in [2.24, 2.45) is 13.0 Å². The molecule has 20 heteroatoms. The van der Waals surface area contributed by atoms with Gasteiger partial charge < -0.3 is 19.6 Å². The number of piperidine rings is 1. The fourth-order valence-corrected chi connectivity index (χ4v) is 12.5. The number of carbonyl (C=O) groups excluding carboxylic acids is 3. The van der Waals surface area contributed by atoms with Gasteiger partial charge >= 0.3 is 12.1 Å². The number of thiazole rings is 1. The second-order valence-electron chi connectivity index (χ2n) is 20.4. The number of halogens is 3. The highest BCUT2D eigenvalue weighted by Gasteiger charge is 2.40. The topological polar surface area (TPSA) is 188 Å². The van der Waals surface area contributed by atoms with Gasteiger partial charge in [-0.25, -0.2) is 14.8 Å². The Morgan fingerprint density at radius 1 is 0.868 bits per heavy atom. The molecule has 2 atom stereocenters. The van der Waals surface area contributed by atoms with Crippen LogP contribution in [0.15, 0.2) is 85.1 Å². The molecule has 1 aliphatic carbocycles. The third-order valence-corrected chi connectivity index (χ3v) is 16.6. The van der Waals surface area contributed by atoms with Gasteiger partial charge in [0.2, 0.25) is 11.8 Å². The van der Waals surface area contributed by atoms with Gasteiger partial charge in [0.05, 0.1) is 39.1 Å². The first-order chi connectivity index (χ1) is 36.7. The predicted molar refractivity (Wildman–Crippen MR) is 283 cm³/mol. The van der Waals surface area contributed by atoms with Gasteiger partial charge in [0.1, 0.15) is 22.8 Å². The van der Waals surface area contributed by atoms with E-state index in [1.54, 1.807) is 11.1 Å². The number of fused-ring (bicyclic) bond motifs is 3. The molecule has 0 bridgehead atoms. The summed E-state index contributed by atoms with van der Waals surface area (Å²) in [6.07, 6.45) is 2.31. The number of piperazine rings is 1. The maximum Gasteiger partial charge on any atom is 0.420 e. The number of pyridine rings is 2. The lowest BCUT2D eigenvalue weighted by Gasteiger charge is -2.40. The number of aryl methyl sites for hydroxylation is 1. The zero-order chi connectivity index (χ0) is 52.8. The number of imide groups is 1. The summed E-state index contributed by atoms with van der Waals surface area (Å²) in [4.78, 5) is 71.1. The van der Waals surface area contributed by atoms with E-state index in [4.69, 9.17) is 9.84 Å². The number of para-hydroxylation sites is 2.